The predicted molar refractivity (Wildman–Crippen MR) is 273 cm³/mol. The number of hydrogen-bond acceptors (Lipinski definition) is 3. The summed E-state index contributed by atoms with van der Waals surface area (Å²) in [5, 5.41) is 12.3. The molecule has 0 amide bonds. The molecular formula is C61H58N3OPt-. The second-order valence-corrected chi connectivity index (χ2v) is 17.7. The molecule has 0 bridgehead atoms. The summed E-state index contributed by atoms with van der Waals surface area (Å²) in [6, 6.07) is 53.5. The predicted octanol–water partition coefficient (Wildman–Crippen LogP) is 16.6. The van der Waals surface area contributed by atoms with E-state index in [0.29, 0.717) is 44.9 Å². The number of benzene rings is 7. The van der Waals surface area contributed by atoms with Crippen molar-refractivity contribution in [2.45, 2.75) is 85.2 Å². The van der Waals surface area contributed by atoms with Crippen molar-refractivity contribution in [1.29, 1.82) is 0 Å². The summed E-state index contributed by atoms with van der Waals surface area (Å²) in [4.78, 5) is 10.4. The fourth-order valence-electron chi connectivity index (χ4n) is 8.53. The van der Waals surface area contributed by atoms with E-state index in [1.807, 2.05) is 105 Å². The van der Waals surface area contributed by atoms with Gasteiger partial charge in [-0.25, -0.2) is 4.98 Å². The van der Waals surface area contributed by atoms with Gasteiger partial charge in [0, 0.05) is 52.4 Å². The summed E-state index contributed by atoms with van der Waals surface area (Å²) in [6.45, 7) is 2.02. The average Bonchev–Trinajstić information content (AvgIpc) is 3.77. The molecule has 0 unspecified atom stereocenters. The Hall–Kier alpha value is -6.35. The van der Waals surface area contributed by atoms with Gasteiger partial charge in [-0.3, -0.25) is 9.55 Å². The number of aromatic nitrogens is 3. The molecule has 66 heavy (non-hydrogen) atoms. The molecule has 9 rings (SSSR count). The maximum atomic E-state index is 12.3. The molecule has 0 atom stereocenters. The Bertz CT molecular complexity index is 3520. The molecule has 0 saturated heterocycles. The van der Waals surface area contributed by atoms with E-state index in [1.54, 1.807) is 24.4 Å². The third-order valence-electron chi connectivity index (χ3n) is 12.2. The average molecular weight is 1050 g/mol. The maximum Gasteiger partial charge on any atom is 0.148 e. The summed E-state index contributed by atoms with van der Waals surface area (Å²) in [7, 11) is 0. The first-order valence-corrected chi connectivity index (χ1v) is 22.1. The van der Waals surface area contributed by atoms with Crippen LogP contribution in [0.15, 0.2) is 164 Å². The number of nitrogens with zero attached hydrogens (tertiary/aromatic N) is 3. The van der Waals surface area contributed by atoms with E-state index in [2.05, 4.69) is 74.7 Å². The van der Waals surface area contributed by atoms with Crippen molar-refractivity contribution in [2.75, 3.05) is 0 Å². The third kappa shape index (κ3) is 9.22. The zero-order valence-electron chi connectivity index (χ0n) is 47.8. The third-order valence-corrected chi connectivity index (χ3v) is 12.2. The molecule has 4 nitrogen and oxygen atoms in total. The van der Waals surface area contributed by atoms with E-state index in [0.717, 1.165) is 55.7 Å². The van der Waals surface area contributed by atoms with Crippen LogP contribution in [-0.2, 0) is 26.5 Å². The first-order valence-electron chi connectivity index (χ1n) is 27.1. The largest absolute Gasteiger partial charge is 0.507 e. The minimum Gasteiger partial charge on any atom is -0.507 e. The molecule has 0 radical (unpaired) electrons. The van der Waals surface area contributed by atoms with Gasteiger partial charge in [0.25, 0.3) is 0 Å². The Morgan fingerprint density at radius 3 is 1.88 bits per heavy atom. The molecular weight excluding hydrogens is 986 g/mol. The van der Waals surface area contributed by atoms with E-state index in [-0.39, 0.29) is 44.2 Å². The number of phenols is 1. The zero-order chi connectivity index (χ0) is 54.0. The van der Waals surface area contributed by atoms with E-state index in [9.17, 15) is 6.48 Å². The number of rotatable bonds is 10. The summed E-state index contributed by atoms with van der Waals surface area (Å²) in [6.07, 6.45) is 1.65. The molecule has 334 valence electrons. The van der Waals surface area contributed by atoms with Crippen molar-refractivity contribution in [3.63, 3.8) is 0 Å². The van der Waals surface area contributed by atoms with Crippen molar-refractivity contribution in [2.24, 2.45) is 0 Å². The normalized spacial score (nSPS) is 14.7. The molecule has 0 aliphatic rings. The Morgan fingerprint density at radius 2 is 1.24 bits per heavy atom. The van der Waals surface area contributed by atoms with Crippen LogP contribution in [0.1, 0.15) is 116 Å². The van der Waals surface area contributed by atoms with Gasteiger partial charge in [-0.1, -0.05) is 194 Å². The summed E-state index contributed by atoms with van der Waals surface area (Å²) < 4.78 is 85.3. The first kappa shape index (κ1) is 34.9. The Kier molecular flexibility index (Phi) is 9.98. The molecule has 2 aromatic heterocycles. The number of para-hydroxylation sites is 1. The molecule has 2 heterocycles. The fraction of sp³-hybridized carbons (Fsp3) is 0.213. The summed E-state index contributed by atoms with van der Waals surface area (Å²) in [5.41, 5.74) is 9.69. The van der Waals surface area contributed by atoms with Crippen molar-refractivity contribution in [3.05, 3.63) is 192 Å². The Labute approximate surface area is 419 Å². The minimum atomic E-state index is -3.38. The molecule has 1 N–H and O–H groups in total. The zero-order valence-corrected chi connectivity index (χ0v) is 40.1. The SMILES string of the molecule is [2H]C(C)(C)c1cc(-c2ccccc2)cc(-n2c(-c3cc(C(C)C)cc(C(C)C)c3O)nc3c(-c4[c-]c(-c5cc(-c6ccc(C(C([2H])([2H])[2H])(C([2H])([2H])[2H])C([2H])([2H])[2H])cc6)ccn5)cc(-c5ccccc5)c4)cccc32)c1.[Pt]. The maximum absolute atomic E-state index is 12.3. The molecule has 0 saturated carbocycles. The molecule has 5 heteroatoms. The smallest absolute Gasteiger partial charge is 0.148 e. The van der Waals surface area contributed by atoms with Crippen LogP contribution in [0, 0.1) is 6.07 Å². The molecule has 9 aromatic rings. The van der Waals surface area contributed by atoms with Crippen LogP contribution >= 0.6 is 0 Å². The topological polar surface area (TPSA) is 50.9 Å². The van der Waals surface area contributed by atoms with Gasteiger partial charge in [-0.05, 0) is 104 Å². The van der Waals surface area contributed by atoms with E-state index in [4.69, 9.17) is 22.3 Å². The molecule has 0 aliphatic heterocycles. The fourth-order valence-corrected chi connectivity index (χ4v) is 8.53. The van der Waals surface area contributed by atoms with Gasteiger partial charge >= 0.3 is 0 Å². The van der Waals surface area contributed by atoms with Crippen LogP contribution in [0.3, 0.4) is 0 Å². The van der Waals surface area contributed by atoms with Crippen LogP contribution < -0.4 is 0 Å². The van der Waals surface area contributed by atoms with E-state index in [1.165, 1.54) is 12.1 Å². The number of imidazole rings is 1. The number of hydrogen-bond donors (Lipinski definition) is 1. The minimum absolute atomic E-state index is 0. The molecule has 7 aromatic carbocycles. The van der Waals surface area contributed by atoms with Crippen LogP contribution in [0.2, 0.25) is 0 Å². The molecule has 0 spiro atoms. The Morgan fingerprint density at radius 1 is 0.591 bits per heavy atom. The molecule has 0 fully saturated rings. The van der Waals surface area contributed by atoms with Gasteiger partial charge in [-0.2, -0.15) is 0 Å². The monoisotopic (exact) mass is 1050 g/mol. The van der Waals surface area contributed by atoms with E-state index < -0.39 is 31.9 Å². The van der Waals surface area contributed by atoms with Crippen LogP contribution in [0.25, 0.3) is 83.9 Å². The van der Waals surface area contributed by atoms with Gasteiger partial charge in [0.1, 0.15) is 11.6 Å². The van der Waals surface area contributed by atoms with Gasteiger partial charge in [0.2, 0.25) is 0 Å². The van der Waals surface area contributed by atoms with Crippen LogP contribution in [0.4, 0.5) is 0 Å². The summed E-state index contributed by atoms with van der Waals surface area (Å²) >= 11 is 0. The molecule has 0 aliphatic carbocycles. The number of fused-ring (bicyclic) bond motifs is 1. The second kappa shape index (κ2) is 18.9. The summed E-state index contributed by atoms with van der Waals surface area (Å²) in [5.74, 6) is -0.117. The van der Waals surface area contributed by atoms with Gasteiger partial charge in [0.05, 0.1) is 16.6 Å². The van der Waals surface area contributed by atoms with E-state index >= 15 is 0 Å². The van der Waals surface area contributed by atoms with Gasteiger partial charge in [-0.15, -0.1) is 23.8 Å². The van der Waals surface area contributed by atoms with Crippen LogP contribution in [0.5, 0.6) is 5.75 Å². The van der Waals surface area contributed by atoms with Gasteiger partial charge in [0.15, 0.2) is 0 Å². The number of phenolic OH excluding ortho intramolecular Hbond substituents is 1. The first-order chi connectivity index (χ1) is 35.3. The van der Waals surface area contributed by atoms with Crippen molar-refractivity contribution in [3.8, 4) is 78.6 Å². The van der Waals surface area contributed by atoms with Crippen molar-refractivity contribution in [1.82, 2.24) is 14.5 Å². The standard InChI is InChI=1S/C61H58N3O.Pt/c1-38(2)45-29-48(42-19-14-11-15-20-42)34-52(33-45)64-57-22-16-21-53(58(57)63-60(64)55-36-46(39(3)4)35-54(40(5)6)59(55)65)49-30-47(41-17-12-10-13-18-41)31-50(32-49)56-37-44(27-28-62-56)43-23-25-51(26-24-43)61(7,8)9;/h10-31,33-40,65H,1-9H3;/q-1;/i7D3,8D3,9D3,38D;. The van der Waals surface area contributed by atoms with Crippen molar-refractivity contribution >= 4 is 11.0 Å². The number of aromatic hydroxyl groups is 1. The Balaban J connectivity index is 0.00000765. The van der Waals surface area contributed by atoms with Gasteiger partial charge < -0.3 is 5.11 Å². The number of pyridine rings is 1. The van der Waals surface area contributed by atoms with Crippen molar-refractivity contribution < 1.29 is 39.9 Å². The van der Waals surface area contributed by atoms with Crippen LogP contribution in [-0.4, -0.2) is 19.6 Å². The quantitative estimate of drug-likeness (QED) is 0.139. The second-order valence-electron chi connectivity index (χ2n) is 17.7.